The second kappa shape index (κ2) is 8.94. The van der Waals surface area contributed by atoms with Crippen LogP contribution in [0, 0.1) is 22.7 Å². The zero-order valence-electron chi connectivity index (χ0n) is 20.9. The molecule has 1 unspecified atom stereocenters. The largest absolute Gasteiger partial charge is 0.444 e. The molecule has 1 spiro atoms. The molecule has 5 rings (SSSR count). The normalized spacial score (nSPS) is 20.4. The summed E-state index contributed by atoms with van der Waals surface area (Å²) in [5.74, 6) is 2.40. The Bertz CT molecular complexity index is 1250. The molecule has 0 N–H and O–H groups in total. The summed E-state index contributed by atoms with van der Waals surface area (Å²) in [6, 6.07) is 7.63. The molecule has 4 heterocycles. The molecule has 2 fully saturated rings. The first-order valence-electron chi connectivity index (χ1n) is 12.4. The number of hydrogen-bond donors (Lipinski definition) is 0. The molecular weight excluding hydrogens is 456 g/mol. The number of aromatic nitrogens is 3. The SMILES string of the molecule is CC(C)(C)OC(=O)N1CCN(c2ncnc3c2C2(CCC2)CN3c2cc(C#N)ccn2)CC1CC#N. The number of carbonyl (C=O) groups excluding carboxylic acids is 1. The summed E-state index contributed by atoms with van der Waals surface area (Å²) < 4.78 is 5.61. The third-order valence-corrected chi connectivity index (χ3v) is 7.25. The zero-order valence-corrected chi connectivity index (χ0v) is 20.9. The summed E-state index contributed by atoms with van der Waals surface area (Å²) in [7, 11) is 0. The third-order valence-electron chi connectivity index (χ3n) is 7.25. The predicted molar refractivity (Wildman–Crippen MR) is 133 cm³/mol. The van der Waals surface area contributed by atoms with Crippen LogP contribution < -0.4 is 9.80 Å². The van der Waals surface area contributed by atoms with Crippen molar-refractivity contribution in [3.63, 3.8) is 0 Å². The fraction of sp³-hybridized carbons (Fsp3) is 0.538. The van der Waals surface area contributed by atoms with E-state index in [9.17, 15) is 15.3 Å². The van der Waals surface area contributed by atoms with Crippen molar-refractivity contribution >= 4 is 23.5 Å². The molecule has 1 atom stereocenters. The van der Waals surface area contributed by atoms with Crippen LogP contribution in [0.2, 0.25) is 0 Å². The Labute approximate surface area is 211 Å². The lowest BCUT2D eigenvalue weighted by atomic mass is 9.66. The second-order valence-corrected chi connectivity index (χ2v) is 10.8. The van der Waals surface area contributed by atoms with Gasteiger partial charge < -0.3 is 19.4 Å². The molecular formula is C26H30N8O2. The van der Waals surface area contributed by atoms with Gasteiger partial charge in [0.2, 0.25) is 0 Å². The number of anilines is 3. The Morgan fingerprint density at radius 1 is 1.19 bits per heavy atom. The molecule has 186 valence electrons. The van der Waals surface area contributed by atoms with Crippen molar-refractivity contribution in [3.8, 4) is 12.1 Å². The monoisotopic (exact) mass is 486 g/mol. The van der Waals surface area contributed by atoms with Crippen molar-refractivity contribution in [2.24, 2.45) is 0 Å². The van der Waals surface area contributed by atoms with E-state index < -0.39 is 5.60 Å². The number of rotatable bonds is 3. The van der Waals surface area contributed by atoms with Crippen LogP contribution in [0.15, 0.2) is 24.7 Å². The molecule has 0 radical (unpaired) electrons. The molecule has 2 aromatic heterocycles. The van der Waals surface area contributed by atoms with Gasteiger partial charge in [0.05, 0.1) is 30.2 Å². The van der Waals surface area contributed by atoms with E-state index in [1.807, 2.05) is 20.8 Å². The first-order valence-corrected chi connectivity index (χ1v) is 12.4. The van der Waals surface area contributed by atoms with Gasteiger partial charge in [-0.2, -0.15) is 10.5 Å². The Balaban J connectivity index is 1.48. The van der Waals surface area contributed by atoms with Gasteiger partial charge in [-0.15, -0.1) is 0 Å². The lowest BCUT2D eigenvalue weighted by molar-refractivity contribution is 0.0144. The third kappa shape index (κ3) is 4.17. The lowest BCUT2D eigenvalue weighted by Crippen LogP contribution is -2.56. The molecule has 2 aliphatic heterocycles. The van der Waals surface area contributed by atoms with Crippen LogP contribution in [0.5, 0.6) is 0 Å². The van der Waals surface area contributed by atoms with Crippen LogP contribution >= 0.6 is 0 Å². The van der Waals surface area contributed by atoms with Crippen LogP contribution in [-0.2, 0) is 10.2 Å². The smallest absolute Gasteiger partial charge is 0.410 e. The fourth-order valence-corrected chi connectivity index (χ4v) is 5.47. The number of fused-ring (bicyclic) bond motifs is 2. The average Bonchev–Trinajstić information content (AvgIpc) is 3.20. The Morgan fingerprint density at radius 2 is 1.97 bits per heavy atom. The summed E-state index contributed by atoms with van der Waals surface area (Å²) in [6.45, 7) is 7.80. The van der Waals surface area contributed by atoms with Crippen LogP contribution in [0.3, 0.4) is 0 Å². The van der Waals surface area contributed by atoms with Crippen LogP contribution in [0.25, 0.3) is 0 Å². The van der Waals surface area contributed by atoms with Gasteiger partial charge >= 0.3 is 6.09 Å². The van der Waals surface area contributed by atoms with Gasteiger partial charge in [-0.25, -0.2) is 19.7 Å². The van der Waals surface area contributed by atoms with E-state index in [2.05, 4.69) is 31.9 Å². The Kier molecular flexibility index (Phi) is 5.91. The van der Waals surface area contributed by atoms with Crippen molar-refractivity contribution in [2.45, 2.75) is 63.5 Å². The van der Waals surface area contributed by atoms with Gasteiger partial charge in [0.1, 0.15) is 29.4 Å². The van der Waals surface area contributed by atoms with Gasteiger partial charge in [0, 0.05) is 43.4 Å². The van der Waals surface area contributed by atoms with E-state index in [1.54, 1.807) is 29.6 Å². The van der Waals surface area contributed by atoms with Gasteiger partial charge in [0.15, 0.2) is 0 Å². The summed E-state index contributed by atoms with van der Waals surface area (Å²) in [5.41, 5.74) is 1.00. The predicted octanol–water partition coefficient (Wildman–Crippen LogP) is 3.66. The molecule has 3 aliphatic rings. The summed E-state index contributed by atoms with van der Waals surface area (Å²) in [6.07, 6.45) is 6.27. The van der Waals surface area contributed by atoms with Crippen molar-refractivity contribution in [3.05, 3.63) is 35.8 Å². The number of nitriles is 2. The van der Waals surface area contributed by atoms with Crippen molar-refractivity contribution in [1.82, 2.24) is 19.9 Å². The minimum absolute atomic E-state index is 0.0662. The summed E-state index contributed by atoms with van der Waals surface area (Å²) in [5, 5.41) is 18.9. The Hall–Kier alpha value is -3.92. The van der Waals surface area contributed by atoms with Crippen LogP contribution in [0.4, 0.5) is 22.2 Å². The molecule has 10 nitrogen and oxygen atoms in total. The molecule has 1 saturated carbocycles. The number of amides is 1. The van der Waals surface area contributed by atoms with E-state index in [4.69, 9.17) is 9.72 Å². The number of nitrogens with zero attached hydrogens (tertiary/aromatic N) is 8. The fourth-order valence-electron chi connectivity index (χ4n) is 5.47. The van der Waals surface area contributed by atoms with Gasteiger partial charge in [-0.1, -0.05) is 6.42 Å². The minimum Gasteiger partial charge on any atom is -0.444 e. The second-order valence-electron chi connectivity index (χ2n) is 10.8. The highest BCUT2D eigenvalue weighted by atomic mass is 16.6. The summed E-state index contributed by atoms with van der Waals surface area (Å²) in [4.78, 5) is 32.8. The number of ether oxygens (including phenoxy) is 1. The van der Waals surface area contributed by atoms with Gasteiger partial charge in [-0.3, -0.25) is 0 Å². The van der Waals surface area contributed by atoms with Crippen molar-refractivity contribution in [1.29, 1.82) is 10.5 Å². The maximum absolute atomic E-state index is 12.9. The molecule has 36 heavy (non-hydrogen) atoms. The average molecular weight is 487 g/mol. The molecule has 10 heteroatoms. The maximum Gasteiger partial charge on any atom is 0.410 e. The van der Waals surface area contributed by atoms with E-state index >= 15 is 0 Å². The van der Waals surface area contributed by atoms with Gasteiger partial charge in [-0.05, 0) is 45.7 Å². The molecule has 0 bridgehead atoms. The first kappa shape index (κ1) is 23.8. The number of piperazine rings is 1. The highest BCUT2D eigenvalue weighted by Gasteiger charge is 2.51. The van der Waals surface area contributed by atoms with Crippen LogP contribution in [-0.4, -0.2) is 63.8 Å². The standard InChI is InChI=1S/C26H30N8O2/c1-25(2,3)36-24(35)33-12-11-32(15-19(33)5-9-27)22-21-23(31-17-30-22)34(16-26(21)7-4-8-26)20-13-18(14-28)6-10-29-20/h6,10,13,17,19H,4-5,7-8,11-12,15-16H2,1-3H3. The number of hydrogen-bond acceptors (Lipinski definition) is 9. The van der Waals surface area contributed by atoms with Gasteiger partial charge in [0.25, 0.3) is 0 Å². The zero-order chi connectivity index (χ0) is 25.5. The highest BCUT2D eigenvalue weighted by Crippen LogP contribution is 2.56. The van der Waals surface area contributed by atoms with Crippen molar-refractivity contribution in [2.75, 3.05) is 36.0 Å². The molecule has 1 saturated heterocycles. The Morgan fingerprint density at radius 3 is 2.64 bits per heavy atom. The van der Waals surface area contributed by atoms with E-state index in [0.717, 1.165) is 43.0 Å². The van der Waals surface area contributed by atoms with Crippen LogP contribution in [0.1, 0.15) is 57.6 Å². The van der Waals surface area contributed by atoms with E-state index in [-0.39, 0.29) is 24.0 Å². The summed E-state index contributed by atoms with van der Waals surface area (Å²) >= 11 is 0. The maximum atomic E-state index is 12.9. The van der Waals surface area contributed by atoms with E-state index in [0.29, 0.717) is 31.0 Å². The molecule has 1 aliphatic carbocycles. The first-order chi connectivity index (χ1) is 17.2. The highest BCUT2D eigenvalue weighted by molar-refractivity contribution is 5.75. The number of pyridine rings is 1. The van der Waals surface area contributed by atoms with E-state index in [1.165, 1.54) is 0 Å². The molecule has 0 aromatic carbocycles. The minimum atomic E-state index is -0.601. The van der Waals surface area contributed by atoms with Crippen molar-refractivity contribution < 1.29 is 9.53 Å². The lowest BCUT2D eigenvalue weighted by Gasteiger charge is -2.44. The topological polar surface area (TPSA) is 122 Å². The number of carbonyl (C=O) groups is 1. The quantitative estimate of drug-likeness (QED) is 0.639. The molecule has 2 aromatic rings. The molecule has 1 amide bonds.